The molecule has 106 valence electrons. The number of anilines is 1. The summed E-state index contributed by atoms with van der Waals surface area (Å²) in [7, 11) is 1.08. The molecule has 4 nitrogen and oxygen atoms in total. The number of ether oxygens (including phenoxy) is 1. The van der Waals surface area contributed by atoms with E-state index in [4.69, 9.17) is 5.73 Å². The van der Waals surface area contributed by atoms with Crippen LogP contribution in [0.1, 0.15) is 16.7 Å². The number of nitrogen functional groups attached to an aromatic ring is 1. The van der Waals surface area contributed by atoms with Gasteiger partial charge in [0.25, 0.3) is 0 Å². The van der Waals surface area contributed by atoms with Crippen molar-refractivity contribution in [3.05, 3.63) is 28.8 Å². The molecule has 0 saturated heterocycles. The molecular weight excluding hydrogens is 263 g/mol. The average Bonchev–Trinajstić information content (AvgIpc) is 2.30. The average molecular weight is 277 g/mol. The molecular formula is C12H14F3NO3. The van der Waals surface area contributed by atoms with Crippen molar-refractivity contribution < 1.29 is 27.8 Å². The Morgan fingerprint density at radius 1 is 1.47 bits per heavy atom. The highest BCUT2D eigenvalue weighted by atomic mass is 19.4. The largest absolute Gasteiger partial charge is 0.467 e. The van der Waals surface area contributed by atoms with E-state index in [-0.39, 0.29) is 23.2 Å². The van der Waals surface area contributed by atoms with E-state index in [1.54, 1.807) is 0 Å². The number of carbonyl (C=O) groups excluding carboxylic acids is 1. The Labute approximate surface area is 108 Å². The number of benzene rings is 1. The maximum atomic E-state index is 12.7. The van der Waals surface area contributed by atoms with Gasteiger partial charge < -0.3 is 15.6 Å². The van der Waals surface area contributed by atoms with E-state index in [9.17, 15) is 23.1 Å². The van der Waals surface area contributed by atoms with E-state index >= 15 is 0 Å². The molecule has 0 aliphatic heterocycles. The van der Waals surface area contributed by atoms with Crippen molar-refractivity contribution in [2.45, 2.75) is 25.6 Å². The molecule has 1 aromatic rings. The van der Waals surface area contributed by atoms with Crippen molar-refractivity contribution in [3.63, 3.8) is 0 Å². The first-order valence-corrected chi connectivity index (χ1v) is 5.39. The van der Waals surface area contributed by atoms with Gasteiger partial charge in [0.15, 0.2) is 6.10 Å². The molecule has 19 heavy (non-hydrogen) atoms. The summed E-state index contributed by atoms with van der Waals surface area (Å²) in [6, 6.07) is 2.23. The minimum Gasteiger partial charge on any atom is -0.467 e. The van der Waals surface area contributed by atoms with Gasteiger partial charge >= 0.3 is 12.1 Å². The van der Waals surface area contributed by atoms with Crippen LogP contribution >= 0.6 is 0 Å². The van der Waals surface area contributed by atoms with Crippen LogP contribution in [0.2, 0.25) is 0 Å². The second-order valence-corrected chi connectivity index (χ2v) is 4.11. The molecule has 1 rings (SSSR count). The number of hydrogen-bond donors (Lipinski definition) is 2. The summed E-state index contributed by atoms with van der Waals surface area (Å²) >= 11 is 0. The fourth-order valence-corrected chi connectivity index (χ4v) is 1.67. The molecule has 7 heteroatoms. The van der Waals surface area contributed by atoms with E-state index in [0.29, 0.717) is 0 Å². The second-order valence-electron chi connectivity index (χ2n) is 4.11. The van der Waals surface area contributed by atoms with Gasteiger partial charge in [0.1, 0.15) is 0 Å². The molecule has 0 aromatic heterocycles. The predicted molar refractivity (Wildman–Crippen MR) is 62.3 cm³/mol. The minimum absolute atomic E-state index is 0.164. The van der Waals surface area contributed by atoms with E-state index in [0.717, 1.165) is 13.2 Å². The fraction of sp³-hybridized carbons (Fsp3) is 0.417. The summed E-state index contributed by atoms with van der Waals surface area (Å²) in [5, 5.41) is 9.44. The topological polar surface area (TPSA) is 72.5 Å². The van der Waals surface area contributed by atoms with Gasteiger partial charge in [-0.2, -0.15) is 13.2 Å². The number of methoxy groups -OCH3 is 1. The van der Waals surface area contributed by atoms with Crippen LogP contribution < -0.4 is 5.73 Å². The molecule has 3 N–H and O–H groups in total. The SMILES string of the molecule is COC(=O)[C@H](O)Cc1cc(C)c(N)c(C(F)(F)F)c1. The molecule has 0 spiro atoms. The summed E-state index contributed by atoms with van der Waals surface area (Å²) in [6.07, 6.45) is -6.35. The number of hydrogen-bond acceptors (Lipinski definition) is 4. The van der Waals surface area contributed by atoms with Gasteiger partial charge in [-0.3, -0.25) is 0 Å². The molecule has 0 amide bonds. The Bertz CT molecular complexity index is 486. The van der Waals surface area contributed by atoms with E-state index in [1.165, 1.54) is 13.0 Å². The zero-order valence-electron chi connectivity index (χ0n) is 10.4. The summed E-state index contributed by atoms with van der Waals surface area (Å²) in [6.45, 7) is 1.43. The fourth-order valence-electron chi connectivity index (χ4n) is 1.67. The number of aliphatic hydroxyl groups excluding tert-OH is 1. The van der Waals surface area contributed by atoms with Crippen LogP contribution in [0.15, 0.2) is 12.1 Å². The number of halogens is 3. The quantitative estimate of drug-likeness (QED) is 0.651. The molecule has 0 bridgehead atoms. The number of carbonyl (C=O) groups is 1. The standard InChI is InChI=1S/C12H14F3NO3/c1-6-3-7(5-9(17)11(18)19-2)4-8(10(6)16)12(13,14)15/h3-4,9,17H,5,16H2,1-2H3/t9-/m1/s1. The van der Waals surface area contributed by atoms with Gasteiger partial charge in [-0.1, -0.05) is 6.07 Å². The Balaban J connectivity index is 3.11. The summed E-state index contributed by atoms with van der Waals surface area (Å²) in [5.41, 5.74) is 4.45. The molecule has 0 fully saturated rings. The van der Waals surface area contributed by atoms with Gasteiger partial charge in [0.05, 0.1) is 12.7 Å². The third-order valence-corrected chi connectivity index (χ3v) is 2.65. The monoisotopic (exact) mass is 277 g/mol. The van der Waals surface area contributed by atoms with Crippen LogP contribution in [-0.4, -0.2) is 24.3 Å². The minimum atomic E-state index is -4.58. The van der Waals surface area contributed by atoms with E-state index in [2.05, 4.69) is 4.74 Å². The number of aryl methyl sites for hydroxylation is 1. The number of nitrogens with two attached hydrogens (primary N) is 1. The highest BCUT2D eigenvalue weighted by Crippen LogP contribution is 2.36. The van der Waals surface area contributed by atoms with Crippen LogP contribution in [0.3, 0.4) is 0 Å². The smallest absolute Gasteiger partial charge is 0.418 e. The van der Waals surface area contributed by atoms with Crippen LogP contribution in [0, 0.1) is 6.92 Å². The van der Waals surface area contributed by atoms with E-state index in [1.807, 2.05) is 0 Å². The Morgan fingerprint density at radius 3 is 2.53 bits per heavy atom. The first kappa shape index (κ1) is 15.3. The third-order valence-electron chi connectivity index (χ3n) is 2.65. The van der Waals surface area contributed by atoms with Crippen LogP contribution in [0.5, 0.6) is 0 Å². The van der Waals surface area contributed by atoms with Crippen molar-refractivity contribution >= 4 is 11.7 Å². The molecule has 0 aliphatic rings. The van der Waals surface area contributed by atoms with Crippen molar-refractivity contribution in [1.82, 2.24) is 0 Å². The molecule has 0 aliphatic carbocycles. The Hall–Kier alpha value is -1.76. The highest BCUT2D eigenvalue weighted by Gasteiger charge is 2.34. The van der Waals surface area contributed by atoms with Gasteiger partial charge in [0.2, 0.25) is 0 Å². The molecule has 0 heterocycles. The molecule has 1 atom stereocenters. The third kappa shape index (κ3) is 3.60. The number of esters is 1. The molecule has 0 saturated carbocycles. The summed E-state index contributed by atoms with van der Waals surface area (Å²) in [5.74, 6) is -0.900. The maximum Gasteiger partial charge on any atom is 0.418 e. The van der Waals surface area contributed by atoms with Gasteiger partial charge in [-0.25, -0.2) is 4.79 Å². The zero-order valence-corrected chi connectivity index (χ0v) is 10.4. The first-order chi connectivity index (χ1) is 8.66. The summed E-state index contributed by atoms with van der Waals surface area (Å²) < 4.78 is 42.5. The normalized spacial score (nSPS) is 13.2. The van der Waals surface area contributed by atoms with Crippen LogP contribution in [-0.2, 0) is 22.1 Å². The molecule has 0 radical (unpaired) electrons. The predicted octanol–water partition coefficient (Wildman–Crippen LogP) is 1.67. The highest BCUT2D eigenvalue weighted by molar-refractivity contribution is 5.74. The van der Waals surface area contributed by atoms with Gasteiger partial charge in [-0.15, -0.1) is 0 Å². The number of aliphatic hydroxyl groups is 1. The van der Waals surface area contributed by atoms with E-state index < -0.39 is 23.8 Å². The van der Waals surface area contributed by atoms with Gasteiger partial charge in [0, 0.05) is 12.1 Å². The Morgan fingerprint density at radius 2 is 2.05 bits per heavy atom. The number of alkyl halides is 3. The Kier molecular flexibility index (Phi) is 4.41. The second kappa shape index (κ2) is 5.48. The zero-order chi connectivity index (χ0) is 14.8. The maximum absolute atomic E-state index is 12.7. The summed E-state index contributed by atoms with van der Waals surface area (Å²) in [4.78, 5) is 11.0. The van der Waals surface area contributed by atoms with Crippen LogP contribution in [0.25, 0.3) is 0 Å². The number of rotatable bonds is 3. The molecule has 0 unspecified atom stereocenters. The lowest BCUT2D eigenvalue weighted by atomic mass is 9.99. The first-order valence-electron chi connectivity index (χ1n) is 5.39. The van der Waals surface area contributed by atoms with Crippen molar-refractivity contribution in [3.8, 4) is 0 Å². The lowest BCUT2D eigenvalue weighted by Gasteiger charge is -2.15. The molecule has 1 aromatic carbocycles. The van der Waals surface area contributed by atoms with Crippen molar-refractivity contribution in [1.29, 1.82) is 0 Å². The lowest BCUT2D eigenvalue weighted by molar-refractivity contribution is -0.150. The van der Waals surface area contributed by atoms with Crippen molar-refractivity contribution in [2.24, 2.45) is 0 Å². The van der Waals surface area contributed by atoms with Crippen LogP contribution in [0.4, 0.5) is 18.9 Å². The van der Waals surface area contributed by atoms with Crippen molar-refractivity contribution in [2.75, 3.05) is 12.8 Å². The van der Waals surface area contributed by atoms with Gasteiger partial charge in [-0.05, 0) is 24.1 Å². The lowest BCUT2D eigenvalue weighted by Crippen LogP contribution is -2.24.